The van der Waals surface area contributed by atoms with Crippen molar-refractivity contribution < 1.29 is 9.32 Å². The number of hydrogen-bond acceptors (Lipinski definition) is 3. The Hall–Kier alpha value is -1.81. The first-order chi connectivity index (χ1) is 10.8. The van der Waals surface area contributed by atoms with Gasteiger partial charge in [0, 0.05) is 24.8 Å². The molecular formula is C18H25N2O2+. The van der Waals surface area contributed by atoms with Crippen molar-refractivity contribution in [1.29, 1.82) is 0 Å². The highest BCUT2D eigenvalue weighted by atomic mass is 16.4. The first kappa shape index (κ1) is 15.1. The number of fused-ring (bicyclic) bond motifs is 1. The lowest BCUT2D eigenvalue weighted by Crippen LogP contribution is -3.08. The predicted octanol–water partition coefficient (Wildman–Crippen LogP) is 2.18. The van der Waals surface area contributed by atoms with E-state index in [1.165, 1.54) is 17.7 Å². The van der Waals surface area contributed by atoms with Gasteiger partial charge in [0.1, 0.15) is 17.7 Å². The highest BCUT2D eigenvalue weighted by Gasteiger charge is 2.22. The maximum absolute atomic E-state index is 12.5. The molecule has 1 aromatic heterocycles. The minimum absolute atomic E-state index is 0.183. The monoisotopic (exact) mass is 301 g/mol. The fourth-order valence-corrected chi connectivity index (χ4v) is 3.24. The van der Waals surface area contributed by atoms with Crippen LogP contribution in [0.15, 0.2) is 33.5 Å². The topological polar surface area (TPSA) is 46.7 Å². The molecule has 0 saturated carbocycles. The van der Waals surface area contributed by atoms with Crippen LogP contribution >= 0.6 is 0 Å². The molecule has 1 aromatic carbocycles. The molecule has 2 N–H and O–H groups in total. The number of unbranched alkanes of at least 4 members (excludes halogenated alkanes) is 1. The maximum Gasteiger partial charge on any atom is 0.347 e. The summed E-state index contributed by atoms with van der Waals surface area (Å²) in [5.41, 5.74) is 2.29. The summed E-state index contributed by atoms with van der Waals surface area (Å²) in [7, 11) is 0. The Morgan fingerprint density at radius 2 is 2.00 bits per heavy atom. The lowest BCUT2D eigenvalue weighted by Gasteiger charge is -2.16. The van der Waals surface area contributed by atoms with Crippen LogP contribution in [-0.2, 0) is 6.54 Å². The average Bonchev–Trinajstić information content (AvgIpc) is 3.03. The first-order valence-electron chi connectivity index (χ1n) is 8.41. The molecule has 0 aliphatic carbocycles. The van der Waals surface area contributed by atoms with E-state index in [-0.39, 0.29) is 5.63 Å². The molecule has 1 aliphatic rings. The van der Waals surface area contributed by atoms with E-state index in [0.717, 1.165) is 55.7 Å². The average molecular weight is 301 g/mol. The van der Waals surface area contributed by atoms with Crippen LogP contribution in [0.1, 0.15) is 38.2 Å². The second-order valence-corrected chi connectivity index (χ2v) is 6.15. The zero-order valence-electron chi connectivity index (χ0n) is 13.3. The van der Waals surface area contributed by atoms with Crippen molar-refractivity contribution in [3.63, 3.8) is 0 Å². The largest absolute Gasteiger partial charge is 0.422 e. The number of hydrogen-bond donors (Lipinski definition) is 2. The number of anilines is 1. The molecule has 2 heterocycles. The van der Waals surface area contributed by atoms with Crippen LogP contribution in [0.3, 0.4) is 0 Å². The van der Waals surface area contributed by atoms with Gasteiger partial charge < -0.3 is 14.6 Å². The Kier molecular flexibility index (Phi) is 4.78. The maximum atomic E-state index is 12.5. The number of benzene rings is 1. The summed E-state index contributed by atoms with van der Waals surface area (Å²) < 4.78 is 5.54. The lowest BCUT2D eigenvalue weighted by atomic mass is 10.1. The standard InChI is InChI=1S/C18H24N2O2/c1-2-3-10-19-17-14-8-4-5-9-16(14)22-18(21)15(17)13-20-11-6-7-12-20/h4-5,8-9,19H,2-3,6-7,10-13H2,1H3/p+1. The molecule has 3 rings (SSSR count). The van der Waals surface area contributed by atoms with Gasteiger partial charge in [-0.3, -0.25) is 0 Å². The van der Waals surface area contributed by atoms with Gasteiger partial charge in [-0.05, 0) is 18.6 Å². The number of rotatable bonds is 6. The van der Waals surface area contributed by atoms with E-state index < -0.39 is 0 Å². The van der Waals surface area contributed by atoms with Gasteiger partial charge in [-0.2, -0.15) is 0 Å². The zero-order valence-corrected chi connectivity index (χ0v) is 13.3. The quantitative estimate of drug-likeness (QED) is 0.635. The smallest absolute Gasteiger partial charge is 0.347 e. The SMILES string of the molecule is CCCCNc1c(C[NH+]2CCCC2)c(=O)oc2ccccc12. The Morgan fingerprint density at radius 3 is 2.77 bits per heavy atom. The molecule has 0 atom stereocenters. The lowest BCUT2D eigenvalue weighted by molar-refractivity contribution is -0.901. The normalized spacial score (nSPS) is 15.5. The third-order valence-corrected chi connectivity index (χ3v) is 4.48. The van der Waals surface area contributed by atoms with Gasteiger partial charge in [0.05, 0.1) is 18.8 Å². The molecule has 2 aromatic rings. The van der Waals surface area contributed by atoms with Gasteiger partial charge in [0.2, 0.25) is 0 Å². The van der Waals surface area contributed by atoms with Gasteiger partial charge in [-0.25, -0.2) is 4.79 Å². The molecule has 118 valence electrons. The zero-order chi connectivity index (χ0) is 15.4. The molecule has 4 heteroatoms. The third-order valence-electron chi connectivity index (χ3n) is 4.48. The summed E-state index contributed by atoms with van der Waals surface area (Å²) in [4.78, 5) is 13.9. The number of likely N-dealkylation sites (tertiary alicyclic amines) is 1. The van der Waals surface area contributed by atoms with Gasteiger partial charge in [-0.1, -0.05) is 25.5 Å². The van der Waals surface area contributed by atoms with Crippen molar-refractivity contribution in [2.24, 2.45) is 0 Å². The van der Waals surface area contributed by atoms with Crippen LogP contribution in [0, 0.1) is 0 Å². The summed E-state index contributed by atoms with van der Waals surface area (Å²) in [6, 6.07) is 7.82. The van der Waals surface area contributed by atoms with E-state index in [1.54, 1.807) is 0 Å². The number of nitrogens with one attached hydrogen (secondary N) is 2. The van der Waals surface area contributed by atoms with Crippen LogP contribution < -0.4 is 15.8 Å². The van der Waals surface area contributed by atoms with E-state index in [1.807, 2.05) is 24.3 Å². The minimum atomic E-state index is -0.183. The van der Waals surface area contributed by atoms with Crippen LogP contribution in [0.5, 0.6) is 0 Å². The molecule has 22 heavy (non-hydrogen) atoms. The molecule has 0 bridgehead atoms. The number of quaternary nitrogens is 1. The second kappa shape index (κ2) is 6.97. The summed E-state index contributed by atoms with van der Waals surface area (Å²) in [5.74, 6) is 0. The van der Waals surface area contributed by atoms with Crippen molar-refractivity contribution in [3.05, 3.63) is 40.2 Å². The van der Waals surface area contributed by atoms with Crippen LogP contribution in [-0.4, -0.2) is 19.6 Å². The van der Waals surface area contributed by atoms with E-state index in [4.69, 9.17) is 4.42 Å². The van der Waals surface area contributed by atoms with Crippen molar-refractivity contribution >= 4 is 16.7 Å². The molecule has 1 aliphatic heterocycles. The Labute approximate surface area is 131 Å². The highest BCUT2D eigenvalue weighted by molar-refractivity contribution is 5.91. The Balaban J connectivity index is 2.00. The molecule has 0 radical (unpaired) electrons. The second-order valence-electron chi connectivity index (χ2n) is 6.15. The fourth-order valence-electron chi connectivity index (χ4n) is 3.24. The Morgan fingerprint density at radius 1 is 1.23 bits per heavy atom. The molecular weight excluding hydrogens is 276 g/mol. The van der Waals surface area contributed by atoms with Crippen molar-refractivity contribution in [2.75, 3.05) is 25.0 Å². The summed E-state index contributed by atoms with van der Waals surface area (Å²) in [5, 5.41) is 4.52. The number of para-hydroxylation sites is 1. The van der Waals surface area contributed by atoms with Crippen molar-refractivity contribution in [3.8, 4) is 0 Å². The molecule has 0 spiro atoms. The minimum Gasteiger partial charge on any atom is -0.422 e. The molecule has 0 unspecified atom stereocenters. The molecule has 4 nitrogen and oxygen atoms in total. The van der Waals surface area contributed by atoms with Gasteiger partial charge in [-0.15, -0.1) is 0 Å². The van der Waals surface area contributed by atoms with Crippen LogP contribution in [0.4, 0.5) is 5.69 Å². The van der Waals surface area contributed by atoms with Crippen LogP contribution in [0.25, 0.3) is 11.0 Å². The molecule has 1 saturated heterocycles. The van der Waals surface area contributed by atoms with Crippen LogP contribution in [0.2, 0.25) is 0 Å². The molecule has 1 fully saturated rings. The van der Waals surface area contributed by atoms with E-state index in [9.17, 15) is 4.79 Å². The Bertz CT molecular complexity index is 687. The third kappa shape index (κ3) is 3.17. The fraction of sp³-hybridized carbons (Fsp3) is 0.500. The summed E-state index contributed by atoms with van der Waals surface area (Å²) in [6.45, 7) is 6.14. The van der Waals surface area contributed by atoms with Gasteiger partial charge >= 0.3 is 5.63 Å². The van der Waals surface area contributed by atoms with Crippen molar-refractivity contribution in [2.45, 2.75) is 39.2 Å². The van der Waals surface area contributed by atoms with Crippen molar-refractivity contribution in [1.82, 2.24) is 0 Å². The highest BCUT2D eigenvalue weighted by Crippen LogP contribution is 2.25. The van der Waals surface area contributed by atoms with Gasteiger partial charge in [0.15, 0.2) is 0 Å². The first-order valence-corrected chi connectivity index (χ1v) is 8.41. The van der Waals surface area contributed by atoms with Gasteiger partial charge in [0.25, 0.3) is 0 Å². The predicted molar refractivity (Wildman–Crippen MR) is 89.5 cm³/mol. The summed E-state index contributed by atoms with van der Waals surface area (Å²) in [6.07, 6.45) is 4.75. The van der Waals surface area contributed by atoms with E-state index in [0.29, 0.717) is 5.58 Å². The van der Waals surface area contributed by atoms with E-state index in [2.05, 4.69) is 12.2 Å². The molecule has 0 amide bonds. The van der Waals surface area contributed by atoms with E-state index >= 15 is 0 Å². The summed E-state index contributed by atoms with van der Waals surface area (Å²) >= 11 is 0.